The maximum Gasteiger partial charge on any atom is 0.330 e. The fourth-order valence-electron chi connectivity index (χ4n) is 1.34. The van der Waals surface area contributed by atoms with Gasteiger partial charge in [-0.3, -0.25) is 0 Å². The average Bonchev–Trinajstić information content (AvgIpc) is 2.50. The van der Waals surface area contributed by atoms with Crippen molar-refractivity contribution in [3.05, 3.63) is 12.2 Å². The van der Waals surface area contributed by atoms with E-state index in [1.54, 1.807) is 29.8 Å². The van der Waals surface area contributed by atoms with Gasteiger partial charge in [0.2, 0.25) is 0 Å². The van der Waals surface area contributed by atoms with E-state index in [1.165, 1.54) is 6.08 Å². The highest BCUT2D eigenvalue weighted by Gasteiger charge is 2.23. The number of ether oxygens (including phenoxy) is 1. The Morgan fingerprint density at radius 2 is 2.27 bits per heavy atom. The highest BCUT2D eigenvalue weighted by molar-refractivity contribution is 5.82. The van der Waals surface area contributed by atoms with Crippen LogP contribution in [0.25, 0.3) is 0 Å². The number of rotatable bonds is 4. The van der Waals surface area contributed by atoms with Crippen LogP contribution in [0.2, 0.25) is 0 Å². The number of esters is 1. The molecule has 15 heavy (non-hydrogen) atoms. The van der Waals surface area contributed by atoms with Crippen molar-refractivity contribution >= 4 is 12.0 Å². The van der Waals surface area contributed by atoms with Gasteiger partial charge in [0.1, 0.15) is 0 Å². The number of carbonyl (C=O) groups excluding carboxylic acids is 2. The summed E-state index contributed by atoms with van der Waals surface area (Å²) in [7, 11) is 1.76. The number of amides is 2. The summed E-state index contributed by atoms with van der Waals surface area (Å²) in [6.45, 7) is 4.04. The third-order valence-electron chi connectivity index (χ3n) is 2.17. The lowest BCUT2D eigenvalue weighted by Crippen LogP contribution is -2.29. The second-order valence-electron chi connectivity index (χ2n) is 3.30. The Morgan fingerprint density at radius 3 is 2.80 bits per heavy atom. The Kier molecular flexibility index (Phi) is 4.15. The molecule has 0 aliphatic carbocycles. The Morgan fingerprint density at radius 1 is 1.53 bits per heavy atom. The van der Waals surface area contributed by atoms with Gasteiger partial charge in [-0.2, -0.15) is 0 Å². The topological polar surface area (TPSA) is 49.9 Å². The number of hydrogen-bond donors (Lipinski definition) is 0. The van der Waals surface area contributed by atoms with Crippen molar-refractivity contribution in [1.29, 1.82) is 0 Å². The molecule has 84 valence electrons. The summed E-state index contributed by atoms with van der Waals surface area (Å²) in [5, 5.41) is 0. The van der Waals surface area contributed by atoms with Crippen LogP contribution in [0, 0.1) is 0 Å². The lowest BCUT2D eigenvalue weighted by atomic mass is 10.4. The van der Waals surface area contributed by atoms with Crippen LogP contribution in [-0.4, -0.2) is 55.1 Å². The van der Waals surface area contributed by atoms with E-state index in [2.05, 4.69) is 0 Å². The molecule has 5 nitrogen and oxygen atoms in total. The van der Waals surface area contributed by atoms with Gasteiger partial charge in [0.25, 0.3) is 0 Å². The van der Waals surface area contributed by atoms with Crippen molar-refractivity contribution in [2.45, 2.75) is 6.92 Å². The number of urea groups is 1. The average molecular weight is 212 g/mol. The summed E-state index contributed by atoms with van der Waals surface area (Å²) in [6.07, 6.45) is 3.00. The highest BCUT2D eigenvalue weighted by atomic mass is 16.5. The van der Waals surface area contributed by atoms with Gasteiger partial charge >= 0.3 is 12.0 Å². The van der Waals surface area contributed by atoms with E-state index in [0.29, 0.717) is 19.7 Å². The Balaban J connectivity index is 2.31. The molecule has 0 aromatic heterocycles. The first-order valence-corrected chi connectivity index (χ1v) is 4.98. The van der Waals surface area contributed by atoms with E-state index < -0.39 is 0 Å². The number of carbonyl (C=O) groups is 2. The van der Waals surface area contributed by atoms with Gasteiger partial charge in [0, 0.05) is 32.8 Å². The third-order valence-corrected chi connectivity index (χ3v) is 2.17. The summed E-state index contributed by atoms with van der Waals surface area (Å²) in [4.78, 5) is 25.7. The Bertz CT molecular complexity index is 276. The number of likely N-dealkylation sites (N-methyl/N-ethyl adjacent to an activating group) is 1. The van der Waals surface area contributed by atoms with Crippen molar-refractivity contribution in [1.82, 2.24) is 9.80 Å². The molecule has 0 aromatic rings. The molecule has 0 saturated carbocycles. The summed E-state index contributed by atoms with van der Waals surface area (Å²) < 4.78 is 4.71. The standard InChI is InChI=1S/C10H16N2O3/c1-3-15-9(13)5-4-6-12-8-7-11(2)10(12)14/h4-5H,3,6-8H2,1-2H3/b5-4+. The second kappa shape index (κ2) is 5.38. The zero-order valence-corrected chi connectivity index (χ0v) is 9.10. The van der Waals surface area contributed by atoms with Crippen LogP contribution in [0.4, 0.5) is 4.79 Å². The molecular formula is C10H16N2O3. The van der Waals surface area contributed by atoms with Crippen LogP contribution in [0.3, 0.4) is 0 Å². The van der Waals surface area contributed by atoms with Gasteiger partial charge in [0.05, 0.1) is 6.61 Å². The summed E-state index contributed by atoms with van der Waals surface area (Å²) in [6, 6.07) is 0.00325. The molecule has 5 heteroatoms. The Labute approximate surface area is 89.3 Å². The summed E-state index contributed by atoms with van der Waals surface area (Å²) in [5.74, 6) is -0.363. The van der Waals surface area contributed by atoms with Gasteiger partial charge in [-0.1, -0.05) is 6.08 Å². The molecule has 1 saturated heterocycles. The zero-order chi connectivity index (χ0) is 11.3. The predicted octanol–water partition coefficient (Wildman–Crippen LogP) is 0.473. The van der Waals surface area contributed by atoms with E-state index >= 15 is 0 Å². The molecular weight excluding hydrogens is 196 g/mol. The molecule has 0 spiro atoms. The van der Waals surface area contributed by atoms with Crippen LogP contribution >= 0.6 is 0 Å². The van der Waals surface area contributed by atoms with E-state index in [1.807, 2.05) is 0 Å². The van der Waals surface area contributed by atoms with Crippen LogP contribution < -0.4 is 0 Å². The molecule has 0 aromatic carbocycles. The summed E-state index contributed by atoms with van der Waals surface area (Å²) in [5.41, 5.74) is 0. The van der Waals surface area contributed by atoms with E-state index in [-0.39, 0.29) is 12.0 Å². The van der Waals surface area contributed by atoms with E-state index in [0.717, 1.165) is 6.54 Å². The third kappa shape index (κ3) is 3.27. The molecule has 0 unspecified atom stereocenters. The lowest BCUT2D eigenvalue weighted by molar-refractivity contribution is -0.137. The van der Waals surface area contributed by atoms with Gasteiger partial charge in [-0.15, -0.1) is 0 Å². The largest absolute Gasteiger partial charge is 0.463 e. The van der Waals surface area contributed by atoms with Gasteiger partial charge in [0.15, 0.2) is 0 Å². The predicted molar refractivity (Wildman–Crippen MR) is 55.4 cm³/mol. The minimum absolute atomic E-state index is 0.00325. The van der Waals surface area contributed by atoms with E-state index in [4.69, 9.17) is 4.74 Å². The van der Waals surface area contributed by atoms with Gasteiger partial charge in [-0.25, -0.2) is 9.59 Å². The molecule has 0 atom stereocenters. The van der Waals surface area contributed by atoms with Gasteiger partial charge in [-0.05, 0) is 6.92 Å². The molecule has 0 radical (unpaired) electrons. The Hall–Kier alpha value is -1.52. The van der Waals surface area contributed by atoms with Crippen molar-refractivity contribution in [3.63, 3.8) is 0 Å². The minimum atomic E-state index is -0.363. The fourth-order valence-corrected chi connectivity index (χ4v) is 1.34. The smallest absolute Gasteiger partial charge is 0.330 e. The molecule has 0 N–H and O–H groups in total. The number of nitrogens with zero attached hydrogens (tertiary/aromatic N) is 2. The van der Waals surface area contributed by atoms with Crippen molar-refractivity contribution in [3.8, 4) is 0 Å². The van der Waals surface area contributed by atoms with E-state index in [9.17, 15) is 9.59 Å². The first-order chi connectivity index (χ1) is 7.15. The van der Waals surface area contributed by atoms with Gasteiger partial charge < -0.3 is 14.5 Å². The molecule has 1 aliphatic heterocycles. The minimum Gasteiger partial charge on any atom is -0.463 e. The van der Waals surface area contributed by atoms with Crippen molar-refractivity contribution in [2.75, 3.05) is 33.3 Å². The van der Waals surface area contributed by atoms with Crippen LogP contribution in [0.1, 0.15) is 6.92 Å². The second-order valence-corrected chi connectivity index (χ2v) is 3.30. The molecule has 1 fully saturated rings. The maximum atomic E-state index is 11.4. The van der Waals surface area contributed by atoms with Crippen molar-refractivity contribution < 1.29 is 14.3 Å². The van der Waals surface area contributed by atoms with Crippen LogP contribution in [0.5, 0.6) is 0 Å². The molecule has 0 bridgehead atoms. The normalized spacial score (nSPS) is 16.5. The molecule has 1 rings (SSSR count). The lowest BCUT2D eigenvalue weighted by Gasteiger charge is -2.12. The molecule has 1 aliphatic rings. The first kappa shape index (κ1) is 11.6. The maximum absolute atomic E-state index is 11.4. The first-order valence-electron chi connectivity index (χ1n) is 4.98. The zero-order valence-electron chi connectivity index (χ0n) is 9.10. The summed E-state index contributed by atoms with van der Waals surface area (Å²) >= 11 is 0. The highest BCUT2D eigenvalue weighted by Crippen LogP contribution is 2.05. The monoisotopic (exact) mass is 212 g/mol. The number of hydrogen-bond acceptors (Lipinski definition) is 3. The van der Waals surface area contributed by atoms with Crippen LogP contribution in [-0.2, 0) is 9.53 Å². The molecule has 1 heterocycles. The van der Waals surface area contributed by atoms with Crippen LogP contribution in [0.15, 0.2) is 12.2 Å². The molecule has 2 amide bonds. The SMILES string of the molecule is CCOC(=O)/C=C/CN1CCN(C)C1=O. The quantitative estimate of drug-likeness (QED) is 0.503. The fraction of sp³-hybridized carbons (Fsp3) is 0.600. The van der Waals surface area contributed by atoms with Crippen molar-refractivity contribution in [2.24, 2.45) is 0 Å².